The van der Waals surface area contributed by atoms with Crippen LogP contribution in [0.1, 0.15) is 27.3 Å². The van der Waals surface area contributed by atoms with Gasteiger partial charge in [-0.2, -0.15) is 5.10 Å². The average molecular weight is 264 g/mol. The normalized spacial score (nSPS) is 10.4. The van der Waals surface area contributed by atoms with Gasteiger partial charge in [0.2, 0.25) is 0 Å². The fourth-order valence-corrected chi connectivity index (χ4v) is 1.97. The summed E-state index contributed by atoms with van der Waals surface area (Å²) >= 11 is 6.04. The van der Waals surface area contributed by atoms with Crippen molar-refractivity contribution in [3.05, 3.63) is 45.7 Å². The van der Waals surface area contributed by atoms with Gasteiger partial charge in [0.05, 0.1) is 22.0 Å². The number of H-pyrrole nitrogens is 1. The number of carbonyl (C=O) groups excluding carboxylic acids is 1. The van der Waals surface area contributed by atoms with Gasteiger partial charge in [-0.15, -0.1) is 0 Å². The highest BCUT2D eigenvalue weighted by Gasteiger charge is 2.16. The first-order valence-electron chi connectivity index (χ1n) is 5.58. The smallest absolute Gasteiger partial charge is 0.259 e. The van der Waals surface area contributed by atoms with Gasteiger partial charge in [-0.1, -0.05) is 17.7 Å². The molecule has 0 atom stereocenters. The lowest BCUT2D eigenvalue weighted by atomic mass is 10.1. The van der Waals surface area contributed by atoms with Gasteiger partial charge in [-0.25, -0.2) is 0 Å². The number of halogens is 1. The van der Waals surface area contributed by atoms with Crippen LogP contribution in [0.15, 0.2) is 18.2 Å². The molecular formula is C13H14ClN3O. The molecule has 4 nitrogen and oxygen atoms in total. The zero-order chi connectivity index (χ0) is 13.3. The maximum atomic E-state index is 12.2. The molecule has 2 N–H and O–H groups in total. The third-order valence-electron chi connectivity index (χ3n) is 2.73. The van der Waals surface area contributed by atoms with Crippen molar-refractivity contribution >= 4 is 23.2 Å². The van der Waals surface area contributed by atoms with Crippen LogP contribution in [0.4, 0.5) is 5.69 Å². The van der Waals surface area contributed by atoms with E-state index in [9.17, 15) is 4.79 Å². The van der Waals surface area contributed by atoms with Crippen molar-refractivity contribution in [2.45, 2.75) is 20.8 Å². The van der Waals surface area contributed by atoms with Crippen LogP contribution < -0.4 is 5.32 Å². The van der Waals surface area contributed by atoms with E-state index < -0.39 is 0 Å². The Morgan fingerprint density at radius 2 is 2.06 bits per heavy atom. The zero-order valence-electron chi connectivity index (χ0n) is 10.5. The van der Waals surface area contributed by atoms with Crippen LogP contribution in [0.2, 0.25) is 5.02 Å². The number of benzene rings is 1. The van der Waals surface area contributed by atoms with Crippen molar-refractivity contribution in [3.8, 4) is 0 Å². The highest BCUT2D eigenvalue weighted by molar-refractivity contribution is 6.34. The third-order valence-corrected chi connectivity index (χ3v) is 3.05. The summed E-state index contributed by atoms with van der Waals surface area (Å²) in [6.07, 6.45) is 0. The molecule has 1 amide bonds. The second-order valence-corrected chi connectivity index (χ2v) is 4.65. The van der Waals surface area contributed by atoms with Gasteiger partial charge < -0.3 is 5.32 Å². The molecule has 2 rings (SSSR count). The van der Waals surface area contributed by atoms with Crippen LogP contribution in [0, 0.1) is 20.8 Å². The largest absolute Gasteiger partial charge is 0.321 e. The van der Waals surface area contributed by atoms with E-state index in [1.165, 1.54) is 0 Å². The third kappa shape index (κ3) is 2.38. The highest BCUT2D eigenvalue weighted by Crippen LogP contribution is 2.24. The SMILES string of the molecule is Cc1ccc(Cl)c(NC(=O)c2c(C)n[nH]c2C)c1. The number of aryl methyl sites for hydroxylation is 3. The Labute approximate surface area is 110 Å². The molecule has 0 aliphatic rings. The van der Waals surface area contributed by atoms with Crippen molar-refractivity contribution in [1.29, 1.82) is 0 Å². The van der Waals surface area contributed by atoms with Crippen LogP contribution in [-0.2, 0) is 0 Å². The van der Waals surface area contributed by atoms with Crippen molar-refractivity contribution in [2.24, 2.45) is 0 Å². The van der Waals surface area contributed by atoms with Crippen molar-refractivity contribution in [2.75, 3.05) is 5.32 Å². The number of nitrogens with zero attached hydrogens (tertiary/aromatic N) is 1. The lowest BCUT2D eigenvalue weighted by molar-refractivity contribution is 0.102. The molecule has 0 aliphatic heterocycles. The second kappa shape index (κ2) is 4.82. The Balaban J connectivity index is 2.30. The van der Waals surface area contributed by atoms with Gasteiger partial charge in [0.25, 0.3) is 5.91 Å². The van der Waals surface area contributed by atoms with Crippen LogP contribution in [0.5, 0.6) is 0 Å². The zero-order valence-corrected chi connectivity index (χ0v) is 11.2. The highest BCUT2D eigenvalue weighted by atomic mass is 35.5. The number of amides is 1. The minimum absolute atomic E-state index is 0.203. The van der Waals surface area contributed by atoms with Crippen LogP contribution in [0.25, 0.3) is 0 Å². The number of aromatic amines is 1. The van der Waals surface area contributed by atoms with E-state index in [4.69, 9.17) is 11.6 Å². The fraction of sp³-hybridized carbons (Fsp3) is 0.231. The molecule has 0 fully saturated rings. The molecule has 0 bridgehead atoms. The van der Waals surface area contributed by atoms with E-state index in [-0.39, 0.29) is 5.91 Å². The summed E-state index contributed by atoms with van der Waals surface area (Å²) in [6, 6.07) is 5.50. The first kappa shape index (κ1) is 12.6. The van der Waals surface area contributed by atoms with Crippen LogP contribution in [0.3, 0.4) is 0 Å². The Hall–Kier alpha value is -1.81. The molecule has 1 aromatic heterocycles. The summed E-state index contributed by atoms with van der Waals surface area (Å²) in [5, 5.41) is 10.1. The molecule has 5 heteroatoms. The molecule has 1 heterocycles. The predicted octanol–water partition coefficient (Wildman–Crippen LogP) is 3.24. The van der Waals surface area contributed by atoms with Gasteiger partial charge in [0.1, 0.15) is 0 Å². The summed E-state index contributed by atoms with van der Waals surface area (Å²) in [4.78, 5) is 12.2. The van der Waals surface area contributed by atoms with E-state index in [2.05, 4.69) is 15.5 Å². The number of anilines is 1. The summed E-state index contributed by atoms with van der Waals surface area (Å²) < 4.78 is 0. The van der Waals surface area contributed by atoms with E-state index in [0.717, 1.165) is 11.3 Å². The summed E-state index contributed by atoms with van der Waals surface area (Å²) in [6.45, 7) is 5.55. The first-order valence-corrected chi connectivity index (χ1v) is 5.96. The Bertz CT molecular complexity index is 585. The van der Waals surface area contributed by atoms with Gasteiger partial charge in [0.15, 0.2) is 0 Å². The average Bonchev–Trinajstić information content (AvgIpc) is 2.63. The quantitative estimate of drug-likeness (QED) is 0.874. The minimum Gasteiger partial charge on any atom is -0.321 e. The molecule has 0 spiro atoms. The van der Waals surface area contributed by atoms with E-state index >= 15 is 0 Å². The van der Waals surface area contributed by atoms with Gasteiger partial charge in [-0.05, 0) is 38.5 Å². The lowest BCUT2D eigenvalue weighted by Gasteiger charge is -2.08. The Kier molecular flexibility index (Phi) is 3.39. The van der Waals surface area contributed by atoms with Crippen LogP contribution in [-0.4, -0.2) is 16.1 Å². The maximum absolute atomic E-state index is 12.2. The number of hydrogen-bond acceptors (Lipinski definition) is 2. The molecule has 0 aliphatic carbocycles. The van der Waals surface area contributed by atoms with Gasteiger partial charge in [0, 0.05) is 5.69 Å². The number of rotatable bonds is 2. The van der Waals surface area contributed by atoms with E-state index in [1.807, 2.05) is 26.0 Å². The van der Waals surface area contributed by atoms with Crippen molar-refractivity contribution in [1.82, 2.24) is 10.2 Å². The topological polar surface area (TPSA) is 57.8 Å². The molecule has 1 aromatic carbocycles. The van der Waals surface area contributed by atoms with Crippen molar-refractivity contribution in [3.63, 3.8) is 0 Å². The van der Waals surface area contributed by atoms with Crippen LogP contribution >= 0.6 is 11.6 Å². The number of hydrogen-bond donors (Lipinski definition) is 2. The molecule has 0 radical (unpaired) electrons. The molecule has 0 saturated carbocycles. The molecule has 94 valence electrons. The van der Waals surface area contributed by atoms with Gasteiger partial charge in [-0.3, -0.25) is 9.89 Å². The monoisotopic (exact) mass is 263 g/mol. The lowest BCUT2D eigenvalue weighted by Crippen LogP contribution is -2.14. The minimum atomic E-state index is -0.203. The number of carbonyl (C=O) groups is 1. The van der Waals surface area contributed by atoms with E-state index in [1.54, 1.807) is 13.0 Å². The number of aromatic nitrogens is 2. The summed E-state index contributed by atoms with van der Waals surface area (Å²) in [5.74, 6) is -0.203. The molecule has 0 unspecified atom stereocenters. The molecular weight excluding hydrogens is 250 g/mol. The molecule has 2 aromatic rings. The summed E-state index contributed by atoms with van der Waals surface area (Å²) in [7, 11) is 0. The number of nitrogens with one attached hydrogen (secondary N) is 2. The van der Waals surface area contributed by atoms with E-state index in [0.29, 0.717) is 22.0 Å². The van der Waals surface area contributed by atoms with Crippen molar-refractivity contribution < 1.29 is 4.79 Å². The standard InChI is InChI=1S/C13H14ClN3O/c1-7-4-5-10(14)11(6-7)15-13(18)12-8(2)16-17-9(12)3/h4-6H,1-3H3,(H,15,18)(H,16,17). The first-order chi connectivity index (χ1) is 8.49. The summed E-state index contributed by atoms with van der Waals surface area (Å²) in [5.41, 5.74) is 3.63. The molecule has 0 saturated heterocycles. The second-order valence-electron chi connectivity index (χ2n) is 4.25. The predicted molar refractivity (Wildman–Crippen MR) is 72.2 cm³/mol. The molecule has 18 heavy (non-hydrogen) atoms. The van der Waals surface area contributed by atoms with Gasteiger partial charge >= 0.3 is 0 Å². The fourth-order valence-electron chi connectivity index (χ4n) is 1.81. The Morgan fingerprint density at radius 1 is 1.33 bits per heavy atom. The maximum Gasteiger partial charge on any atom is 0.259 e. The Morgan fingerprint density at radius 3 is 2.67 bits per heavy atom.